The molecule has 0 amide bonds. The molecular formula is C7H10N2O3. The van der Waals surface area contributed by atoms with Crippen LogP contribution in [-0.4, -0.2) is 27.5 Å². The van der Waals surface area contributed by atoms with Crippen molar-refractivity contribution in [2.24, 2.45) is 7.05 Å². The van der Waals surface area contributed by atoms with Crippen molar-refractivity contribution in [3.8, 4) is 5.75 Å². The van der Waals surface area contributed by atoms with Gasteiger partial charge in [-0.3, -0.25) is 4.68 Å². The maximum absolute atomic E-state index is 10.1. The predicted molar refractivity (Wildman–Crippen MR) is 41.1 cm³/mol. The van der Waals surface area contributed by atoms with Crippen molar-refractivity contribution in [3.63, 3.8) is 0 Å². The molecule has 0 saturated heterocycles. The lowest BCUT2D eigenvalue weighted by atomic mass is 10.4. The first kappa shape index (κ1) is 8.58. The van der Waals surface area contributed by atoms with Crippen molar-refractivity contribution in [1.29, 1.82) is 0 Å². The second-order valence-electron chi connectivity index (χ2n) is 2.43. The molecule has 0 aliphatic rings. The third kappa shape index (κ3) is 1.98. The zero-order chi connectivity index (χ0) is 9.14. The second-order valence-corrected chi connectivity index (χ2v) is 2.43. The highest BCUT2D eigenvalue weighted by atomic mass is 16.5. The normalized spacial score (nSPS) is 9.83. The van der Waals surface area contributed by atoms with Crippen LogP contribution < -0.4 is 4.74 Å². The summed E-state index contributed by atoms with van der Waals surface area (Å²) in [5, 5.41) is 12.3. The van der Waals surface area contributed by atoms with Crippen LogP contribution in [0.25, 0.3) is 0 Å². The molecule has 0 atom stereocenters. The topological polar surface area (TPSA) is 64.4 Å². The molecule has 0 spiro atoms. The number of ether oxygens (including phenoxy) is 1. The lowest BCUT2D eigenvalue weighted by Gasteiger charge is -1.98. The van der Waals surface area contributed by atoms with Gasteiger partial charge in [-0.25, -0.2) is 4.79 Å². The molecule has 5 nitrogen and oxygen atoms in total. The van der Waals surface area contributed by atoms with Crippen LogP contribution in [0.1, 0.15) is 5.69 Å². The molecule has 0 saturated carbocycles. The van der Waals surface area contributed by atoms with Gasteiger partial charge in [0.2, 0.25) is 0 Å². The van der Waals surface area contributed by atoms with E-state index in [-0.39, 0.29) is 6.61 Å². The minimum absolute atomic E-state index is 0.327. The fraction of sp³-hybridized carbons (Fsp3) is 0.429. The molecule has 0 aromatic carbocycles. The summed E-state index contributed by atoms with van der Waals surface area (Å²) in [6.07, 6.45) is 1.64. The van der Waals surface area contributed by atoms with Gasteiger partial charge in [-0.2, -0.15) is 5.10 Å². The van der Waals surface area contributed by atoms with Crippen LogP contribution in [0.4, 0.5) is 0 Å². The van der Waals surface area contributed by atoms with Crippen LogP contribution in [-0.2, 0) is 11.8 Å². The van der Waals surface area contributed by atoms with Crippen LogP contribution >= 0.6 is 0 Å². The molecule has 0 bridgehead atoms. The summed E-state index contributed by atoms with van der Waals surface area (Å²) in [6.45, 7) is 1.43. The Morgan fingerprint density at radius 3 is 2.92 bits per heavy atom. The third-order valence-electron chi connectivity index (χ3n) is 1.32. The molecule has 66 valence electrons. The number of carboxylic acids is 1. The summed E-state index contributed by atoms with van der Waals surface area (Å²) in [5.41, 5.74) is 0.693. The van der Waals surface area contributed by atoms with E-state index < -0.39 is 5.97 Å². The number of aliphatic carboxylic acids is 1. The van der Waals surface area contributed by atoms with Gasteiger partial charge in [-0.15, -0.1) is 0 Å². The molecule has 1 rings (SSSR count). The van der Waals surface area contributed by atoms with E-state index >= 15 is 0 Å². The zero-order valence-electron chi connectivity index (χ0n) is 6.94. The molecule has 1 N–H and O–H groups in total. The Kier molecular flexibility index (Phi) is 2.32. The van der Waals surface area contributed by atoms with Crippen molar-refractivity contribution in [3.05, 3.63) is 11.9 Å². The van der Waals surface area contributed by atoms with E-state index in [2.05, 4.69) is 5.10 Å². The van der Waals surface area contributed by atoms with Crippen LogP contribution in [0.5, 0.6) is 5.75 Å². The van der Waals surface area contributed by atoms with Crippen molar-refractivity contribution in [2.45, 2.75) is 6.92 Å². The van der Waals surface area contributed by atoms with Crippen molar-refractivity contribution in [1.82, 2.24) is 9.78 Å². The first-order valence-electron chi connectivity index (χ1n) is 3.44. The molecule has 1 aromatic heterocycles. The highest BCUT2D eigenvalue weighted by Gasteiger charge is 2.05. The quantitative estimate of drug-likeness (QED) is 0.703. The number of nitrogens with zero attached hydrogens (tertiary/aromatic N) is 2. The highest BCUT2D eigenvalue weighted by molar-refractivity contribution is 5.68. The van der Waals surface area contributed by atoms with Gasteiger partial charge in [-0.05, 0) is 6.92 Å². The summed E-state index contributed by atoms with van der Waals surface area (Å²) in [4.78, 5) is 10.1. The standard InChI is InChI=1S/C7H10N2O3/c1-5-6(3-9(2)8-5)12-4-7(10)11/h3H,4H2,1-2H3,(H,10,11). The Hall–Kier alpha value is -1.52. The summed E-state index contributed by atoms with van der Waals surface area (Å²) in [7, 11) is 1.75. The van der Waals surface area contributed by atoms with E-state index in [9.17, 15) is 4.79 Å². The summed E-state index contributed by atoms with van der Waals surface area (Å²) in [5.74, 6) is -0.474. The molecular weight excluding hydrogens is 160 g/mol. The van der Waals surface area contributed by atoms with E-state index in [1.54, 1.807) is 24.9 Å². The Morgan fingerprint density at radius 1 is 1.83 bits per heavy atom. The number of carboxylic acid groups (broad SMARTS) is 1. The van der Waals surface area contributed by atoms with Gasteiger partial charge in [0, 0.05) is 7.05 Å². The first-order chi connectivity index (χ1) is 5.59. The van der Waals surface area contributed by atoms with Crippen molar-refractivity contribution in [2.75, 3.05) is 6.61 Å². The average molecular weight is 170 g/mol. The third-order valence-corrected chi connectivity index (χ3v) is 1.32. The van der Waals surface area contributed by atoms with E-state index in [0.29, 0.717) is 11.4 Å². The van der Waals surface area contributed by atoms with Crippen LogP contribution in [0.15, 0.2) is 6.20 Å². The van der Waals surface area contributed by atoms with E-state index in [1.165, 1.54) is 0 Å². The molecule has 0 unspecified atom stereocenters. The number of aromatic nitrogens is 2. The zero-order valence-corrected chi connectivity index (χ0v) is 6.94. The van der Waals surface area contributed by atoms with Gasteiger partial charge in [0.25, 0.3) is 0 Å². The summed E-state index contributed by atoms with van der Waals surface area (Å²) >= 11 is 0. The average Bonchev–Trinajstić information content (AvgIpc) is 2.26. The second kappa shape index (κ2) is 3.25. The molecule has 5 heteroatoms. The monoisotopic (exact) mass is 170 g/mol. The lowest BCUT2D eigenvalue weighted by Crippen LogP contribution is -2.09. The molecule has 0 aliphatic carbocycles. The fourth-order valence-electron chi connectivity index (χ4n) is 0.859. The van der Waals surface area contributed by atoms with Gasteiger partial charge in [0.15, 0.2) is 12.4 Å². The maximum Gasteiger partial charge on any atom is 0.341 e. The predicted octanol–water partition coefficient (Wildman–Crippen LogP) is 0.192. The van der Waals surface area contributed by atoms with E-state index in [0.717, 1.165) is 0 Å². The molecule has 12 heavy (non-hydrogen) atoms. The minimum atomic E-state index is -0.988. The summed E-state index contributed by atoms with van der Waals surface area (Å²) < 4.78 is 6.51. The van der Waals surface area contributed by atoms with Crippen molar-refractivity contribution < 1.29 is 14.6 Å². The highest BCUT2D eigenvalue weighted by Crippen LogP contribution is 2.13. The molecule has 1 aromatic rings. The molecule has 0 aliphatic heterocycles. The van der Waals surface area contributed by atoms with Gasteiger partial charge < -0.3 is 9.84 Å². The smallest absolute Gasteiger partial charge is 0.341 e. The van der Waals surface area contributed by atoms with Crippen LogP contribution in [0, 0.1) is 6.92 Å². The molecule has 0 radical (unpaired) electrons. The number of hydrogen-bond donors (Lipinski definition) is 1. The molecule has 0 fully saturated rings. The number of hydrogen-bond acceptors (Lipinski definition) is 3. The van der Waals surface area contributed by atoms with Gasteiger partial charge in [0.1, 0.15) is 5.69 Å². The maximum atomic E-state index is 10.1. The Bertz CT molecular complexity index is 293. The summed E-state index contributed by atoms with van der Waals surface area (Å²) in [6, 6.07) is 0. The first-order valence-corrected chi connectivity index (χ1v) is 3.44. The largest absolute Gasteiger partial charge is 0.479 e. The minimum Gasteiger partial charge on any atom is -0.479 e. The number of aryl methyl sites for hydroxylation is 2. The number of carbonyl (C=O) groups is 1. The van der Waals surface area contributed by atoms with Gasteiger partial charge in [0.05, 0.1) is 6.20 Å². The van der Waals surface area contributed by atoms with Crippen molar-refractivity contribution >= 4 is 5.97 Å². The number of rotatable bonds is 3. The molecule has 1 heterocycles. The SMILES string of the molecule is Cc1nn(C)cc1OCC(=O)O. The van der Waals surface area contributed by atoms with Gasteiger partial charge in [-0.1, -0.05) is 0 Å². The van der Waals surface area contributed by atoms with E-state index in [1.807, 2.05) is 0 Å². The van der Waals surface area contributed by atoms with E-state index in [4.69, 9.17) is 9.84 Å². The fourth-order valence-corrected chi connectivity index (χ4v) is 0.859. The lowest BCUT2D eigenvalue weighted by molar-refractivity contribution is -0.139. The van der Waals surface area contributed by atoms with Gasteiger partial charge >= 0.3 is 5.97 Å². The Morgan fingerprint density at radius 2 is 2.50 bits per heavy atom. The van der Waals surface area contributed by atoms with Crippen LogP contribution in [0.2, 0.25) is 0 Å². The Labute approximate surface area is 69.6 Å². The van der Waals surface area contributed by atoms with Crippen LogP contribution in [0.3, 0.4) is 0 Å². The Balaban J connectivity index is 2.62.